The van der Waals surface area contributed by atoms with Crippen molar-refractivity contribution in [3.63, 3.8) is 0 Å². The Kier molecular flexibility index (Phi) is 7.71. The number of hydrogen-bond acceptors (Lipinski definition) is 5. The van der Waals surface area contributed by atoms with E-state index < -0.39 is 5.97 Å². The first-order valence-corrected chi connectivity index (χ1v) is 11.3. The van der Waals surface area contributed by atoms with Gasteiger partial charge in [-0.05, 0) is 25.7 Å². The van der Waals surface area contributed by atoms with Gasteiger partial charge in [-0.15, -0.1) is 0 Å². The third-order valence-corrected chi connectivity index (χ3v) is 6.69. The molecular weight excluding hydrogens is 416 g/mol. The number of amides is 3. The van der Waals surface area contributed by atoms with Crippen LogP contribution in [0.15, 0.2) is 6.20 Å². The predicted molar refractivity (Wildman–Crippen MR) is 111 cm³/mol. The Morgan fingerprint density at radius 2 is 1.79 bits per heavy atom. The van der Waals surface area contributed by atoms with Crippen LogP contribution in [0, 0.1) is 0 Å². The average molecular weight is 443 g/mol. The van der Waals surface area contributed by atoms with Crippen LogP contribution in [0.5, 0.6) is 0 Å². The molecule has 0 radical (unpaired) electrons. The molecule has 0 aromatic carbocycles. The number of halogens is 1. The third-order valence-electron chi connectivity index (χ3n) is 5.66. The van der Waals surface area contributed by atoms with E-state index >= 15 is 0 Å². The van der Waals surface area contributed by atoms with Crippen LogP contribution < -0.4 is 5.32 Å². The van der Waals surface area contributed by atoms with Crippen LogP contribution in [0.2, 0.25) is 4.34 Å². The number of likely N-dealkylation sites (tertiary alicyclic amines) is 1. The number of hydrogen-bond donors (Lipinski definition) is 2. The van der Waals surface area contributed by atoms with Crippen LogP contribution in [-0.4, -0.2) is 63.0 Å². The lowest BCUT2D eigenvalue weighted by atomic mass is 9.91. The standard InChI is InChI=1S/C19H27ClN4O4S/c20-15-12-21-18(29-15)22-19(28)24(13-4-2-1-3-5-13)14-8-10-23(11-9-14)16(25)6-7-17(26)27/h12-14H,1-11H2,(H,26,27)(H,21,22,28). The molecule has 1 aromatic rings. The molecule has 2 fully saturated rings. The molecule has 2 aliphatic rings. The Hall–Kier alpha value is -1.87. The van der Waals surface area contributed by atoms with Crippen molar-refractivity contribution >= 4 is 46.0 Å². The molecule has 2 N–H and O–H groups in total. The fraction of sp³-hybridized carbons (Fsp3) is 0.684. The molecule has 29 heavy (non-hydrogen) atoms. The maximum Gasteiger partial charge on any atom is 0.324 e. The van der Waals surface area contributed by atoms with Gasteiger partial charge in [-0.1, -0.05) is 42.2 Å². The Morgan fingerprint density at radius 3 is 2.38 bits per heavy atom. The van der Waals surface area contributed by atoms with Gasteiger partial charge < -0.3 is 14.9 Å². The van der Waals surface area contributed by atoms with E-state index in [0.29, 0.717) is 35.4 Å². The summed E-state index contributed by atoms with van der Waals surface area (Å²) in [6, 6.07) is 0.0917. The van der Waals surface area contributed by atoms with Crippen molar-refractivity contribution < 1.29 is 19.5 Å². The quantitative estimate of drug-likeness (QED) is 0.697. The highest BCUT2D eigenvalue weighted by Gasteiger charge is 2.35. The number of carbonyl (C=O) groups excluding carboxylic acids is 2. The second-order valence-electron chi connectivity index (χ2n) is 7.60. The fourth-order valence-corrected chi connectivity index (χ4v) is 5.02. The molecule has 0 spiro atoms. The van der Waals surface area contributed by atoms with E-state index in [1.165, 1.54) is 24.0 Å². The fourth-order valence-electron chi connectivity index (χ4n) is 4.22. The minimum absolute atomic E-state index is 0.0254. The van der Waals surface area contributed by atoms with Crippen molar-refractivity contribution in [2.45, 2.75) is 69.9 Å². The SMILES string of the molecule is O=C(O)CCC(=O)N1CCC(N(C(=O)Nc2ncc(Cl)s2)C2CCCCC2)CC1. The summed E-state index contributed by atoms with van der Waals surface area (Å²) in [5.74, 6) is -1.09. The molecule has 160 valence electrons. The van der Waals surface area contributed by atoms with Crippen molar-refractivity contribution in [2.75, 3.05) is 18.4 Å². The van der Waals surface area contributed by atoms with Gasteiger partial charge in [0.2, 0.25) is 5.91 Å². The number of carboxylic acid groups (broad SMARTS) is 1. The number of rotatable bonds is 6. The van der Waals surface area contributed by atoms with Gasteiger partial charge in [0.1, 0.15) is 4.34 Å². The molecule has 3 rings (SSSR count). The van der Waals surface area contributed by atoms with Crippen molar-refractivity contribution in [1.29, 1.82) is 0 Å². The van der Waals surface area contributed by atoms with E-state index in [4.69, 9.17) is 16.7 Å². The number of piperidine rings is 1. The summed E-state index contributed by atoms with van der Waals surface area (Å²) < 4.78 is 0.526. The zero-order valence-corrected chi connectivity index (χ0v) is 17.9. The summed E-state index contributed by atoms with van der Waals surface area (Å²) in [5, 5.41) is 12.1. The number of anilines is 1. The molecule has 0 bridgehead atoms. The van der Waals surface area contributed by atoms with Crippen molar-refractivity contribution in [3.05, 3.63) is 10.5 Å². The number of aromatic nitrogens is 1. The molecular formula is C19H27ClN4O4S. The van der Waals surface area contributed by atoms with Gasteiger partial charge in [0.25, 0.3) is 0 Å². The second-order valence-corrected chi connectivity index (χ2v) is 9.27. The highest BCUT2D eigenvalue weighted by molar-refractivity contribution is 7.19. The summed E-state index contributed by atoms with van der Waals surface area (Å²) in [6.45, 7) is 1.09. The molecule has 0 atom stereocenters. The summed E-state index contributed by atoms with van der Waals surface area (Å²) in [4.78, 5) is 43.8. The van der Waals surface area contributed by atoms with E-state index in [1.807, 2.05) is 4.90 Å². The van der Waals surface area contributed by atoms with Gasteiger partial charge in [0.15, 0.2) is 5.13 Å². The van der Waals surface area contributed by atoms with Gasteiger partial charge in [-0.25, -0.2) is 9.78 Å². The van der Waals surface area contributed by atoms with Crippen LogP contribution in [0.4, 0.5) is 9.93 Å². The number of urea groups is 1. The predicted octanol–water partition coefficient (Wildman–Crippen LogP) is 3.82. The second kappa shape index (κ2) is 10.2. The summed E-state index contributed by atoms with van der Waals surface area (Å²) in [6.07, 6.45) is 8.20. The molecule has 1 saturated heterocycles. The van der Waals surface area contributed by atoms with E-state index in [9.17, 15) is 14.4 Å². The van der Waals surface area contributed by atoms with E-state index in [-0.39, 0.29) is 36.9 Å². The zero-order valence-electron chi connectivity index (χ0n) is 16.3. The summed E-state index contributed by atoms with van der Waals surface area (Å²) in [7, 11) is 0. The summed E-state index contributed by atoms with van der Waals surface area (Å²) >= 11 is 7.16. The van der Waals surface area contributed by atoms with Crippen molar-refractivity contribution in [2.24, 2.45) is 0 Å². The van der Waals surface area contributed by atoms with E-state index in [1.54, 1.807) is 4.90 Å². The Labute approximate surface area is 179 Å². The normalized spacial score (nSPS) is 18.4. The summed E-state index contributed by atoms with van der Waals surface area (Å²) in [5.41, 5.74) is 0. The monoisotopic (exact) mass is 442 g/mol. The molecule has 1 aromatic heterocycles. The topological polar surface area (TPSA) is 103 Å². The lowest BCUT2D eigenvalue weighted by molar-refractivity contribution is -0.141. The Balaban J connectivity index is 1.63. The Morgan fingerprint density at radius 1 is 1.14 bits per heavy atom. The van der Waals surface area contributed by atoms with Crippen molar-refractivity contribution in [3.8, 4) is 0 Å². The first kappa shape index (κ1) is 21.8. The number of carboxylic acids is 1. The largest absolute Gasteiger partial charge is 0.481 e. The van der Waals surface area contributed by atoms with Crippen LogP contribution in [0.1, 0.15) is 57.8 Å². The number of nitrogens with zero attached hydrogens (tertiary/aromatic N) is 3. The molecule has 1 aliphatic heterocycles. The van der Waals surface area contributed by atoms with Gasteiger partial charge in [0.05, 0.1) is 12.6 Å². The highest BCUT2D eigenvalue weighted by Crippen LogP contribution is 2.30. The van der Waals surface area contributed by atoms with Crippen LogP contribution >= 0.6 is 22.9 Å². The van der Waals surface area contributed by atoms with E-state index in [0.717, 1.165) is 25.7 Å². The number of aliphatic carboxylic acids is 1. The van der Waals surface area contributed by atoms with Crippen LogP contribution in [0.3, 0.4) is 0 Å². The Bertz CT molecular complexity index is 730. The minimum atomic E-state index is -0.962. The lowest BCUT2D eigenvalue weighted by Crippen LogP contribution is -2.54. The third kappa shape index (κ3) is 6.05. The minimum Gasteiger partial charge on any atom is -0.481 e. The van der Waals surface area contributed by atoms with Crippen LogP contribution in [-0.2, 0) is 9.59 Å². The van der Waals surface area contributed by atoms with Gasteiger partial charge in [-0.3, -0.25) is 14.9 Å². The number of nitrogens with one attached hydrogen (secondary N) is 1. The number of carbonyl (C=O) groups is 3. The molecule has 2 heterocycles. The first-order valence-electron chi connectivity index (χ1n) is 10.1. The van der Waals surface area contributed by atoms with Gasteiger partial charge >= 0.3 is 12.0 Å². The smallest absolute Gasteiger partial charge is 0.324 e. The molecule has 8 nitrogen and oxygen atoms in total. The molecule has 10 heteroatoms. The zero-order chi connectivity index (χ0) is 20.8. The van der Waals surface area contributed by atoms with E-state index in [2.05, 4.69) is 10.3 Å². The molecule has 0 unspecified atom stereocenters. The van der Waals surface area contributed by atoms with Crippen LogP contribution in [0.25, 0.3) is 0 Å². The van der Waals surface area contributed by atoms with Gasteiger partial charge in [0, 0.05) is 31.6 Å². The first-order chi connectivity index (χ1) is 13.9. The van der Waals surface area contributed by atoms with Gasteiger partial charge in [-0.2, -0.15) is 0 Å². The van der Waals surface area contributed by atoms with Crippen molar-refractivity contribution in [1.82, 2.24) is 14.8 Å². The highest BCUT2D eigenvalue weighted by atomic mass is 35.5. The average Bonchev–Trinajstić information content (AvgIpc) is 3.12. The molecule has 1 saturated carbocycles. The number of thiazole rings is 1. The molecule has 1 aliphatic carbocycles. The maximum atomic E-state index is 13.1. The molecule has 3 amide bonds. The maximum absolute atomic E-state index is 13.1. The lowest BCUT2D eigenvalue weighted by Gasteiger charge is -2.43.